The molecule has 0 aromatic heterocycles. The van der Waals surface area contributed by atoms with E-state index in [2.05, 4.69) is 5.32 Å². The Kier molecular flexibility index (Phi) is 4.77. The van der Waals surface area contributed by atoms with Gasteiger partial charge in [-0.3, -0.25) is 4.79 Å². The molecule has 0 heterocycles. The summed E-state index contributed by atoms with van der Waals surface area (Å²) in [5, 5.41) is 20.4. The second-order valence-electron chi connectivity index (χ2n) is 4.49. The van der Waals surface area contributed by atoms with Gasteiger partial charge in [0, 0.05) is 11.3 Å². The lowest BCUT2D eigenvalue weighted by Crippen LogP contribution is -2.12. The molecular formula is C16H11ClN2O3. The summed E-state index contributed by atoms with van der Waals surface area (Å²) >= 11 is 5.78. The monoisotopic (exact) mass is 314 g/mol. The van der Waals surface area contributed by atoms with Crippen molar-refractivity contribution in [2.75, 3.05) is 5.32 Å². The van der Waals surface area contributed by atoms with Gasteiger partial charge >= 0.3 is 5.97 Å². The van der Waals surface area contributed by atoms with Crippen molar-refractivity contribution in [3.8, 4) is 6.07 Å². The van der Waals surface area contributed by atoms with Gasteiger partial charge < -0.3 is 10.4 Å². The van der Waals surface area contributed by atoms with E-state index in [1.54, 1.807) is 24.3 Å². The molecule has 0 fully saturated rings. The summed E-state index contributed by atoms with van der Waals surface area (Å²) in [7, 11) is 0. The fraction of sp³-hybridized carbons (Fsp3) is 0.0625. The summed E-state index contributed by atoms with van der Waals surface area (Å²) in [5.41, 5.74) is 1.37. The number of nitrogens with zero attached hydrogens (tertiary/aromatic N) is 1. The van der Waals surface area contributed by atoms with Crippen LogP contribution in [0.3, 0.4) is 0 Å². The third-order valence-electron chi connectivity index (χ3n) is 2.93. The molecule has 0 aliphatic carbocycles. The van der Waals surface area contributed by atoms with E-state index in [1.165, 1.54) is 18.2 Å². The standard InChI is InChI=1S/C16H11ClN2O3/c17-14-5-4-12(9-13(14)16(21)22)19-15(20)11-3-1-2-10(8-11)6-7-18/h1-5,8-9H,6H2,(H,19,20)(H,21,22). The highest BCUT2D eigenvalue weighted by Crippen LogP contribution is 2.21. The van der Waals surface area contributed by atoms with Gasteiger partial charge in [-0.2, -0.15) is 5.26 Å². The summed E-state index contributed by atoms with van der Waals surface area (Å²) in [6.45, 7) is 0. The second kappa shape index (κ2) is 6.74. The summed E-state index contributed by atoms with van der Waals surface area (Å²) in [5.74, 6) is -1.56. The number of carboxylic acid groups (broad SMARTS) is 1. The number of aromatic carboxylic acids is 1. The van der Waals surface area contributed by atoms with Crippen molar-refractivity contribution in [3.63, 3.8) is 0 Å². The Bertz CT molecular complexity index is 781. The molecule has 2 N–H and O–H groups in total. The maximum atomic E-state index is 12.2. The molecule has 2 aromatic carbocycles. The molecule has 2 aromatic rings. The van der Waals surface area contributed by atoms with Crippen LogP contribution in [0.15, 0.2) is 42.5 Å². The van der Waals surface area contributed by atoms with Crippen molar-refractivity contribution in [3.05, 3.63) is 64.2 Å². The van der Waals surface area contributed by atoms with Crippen molar-refractivity contribution < 1.29 is 14.7 Å². The predicted octanol–water partition coefficient (Wildman–Crippen LogP) is 3.36. The van der Waals surface area contributed by atoms with Crippen molar-refractivity contribution in [1.29, 1.82) is 5.26 Å². The minimum Gasteiger partial charge on any atom is -0.478 e. The van der Waals surface area contributed by atoms with Crippen LogP contribution in [0, 0.1) is 11.3 Å². The van der Waals surface area contributed by atoms with Gasteiger partial charge in [-0.15, -0.1) is 0 Å². The molecule has 0 aliphatic rings. The van der Waals surface area contributed by atoms with E-state index in [1.807, 2.05) is 6.07 Å². The van der Waals surface area contributed by atoms with E-state index in [0.717, 1.165) is 5.56 Å². The molecule has 5 nitrogen and oxygen atoms in total. The Balaban J connectivity index is 2.22. The number of benzene rings is 2. The highest BCUT2D eigenvalue weighted by molar-refractivity contribution is 6.33. The number of carboxylic acids is 1. The van der Waals surface area contributed by atoms with Gasteiger partial charge in [0.15, 0.2) is 0 Å². The Morgan fingerprint density at radius 2 is 2.00 bits per heavy atom. The zero-order valence-electron chi connectivity index (χ0n) is 11.3. The van der Waals surface area contributed by atoms with Gasteiger partial charge in [0.2, 0.25) is 0 Å². The molecule has 22 heavy (non-hydrogen) atoms. The molecule has 0 radical (unpaired) electrons. The number of carbonyl (C=O) groups excluding carboxylic acids is 1. The predicted molar refractivity (Wildman–Crippen MR) is 82.1 cm³/mol. The minimum atomic E-state index is -1.17. The molecule has 1 amide bonds. The van der Waals surface area contributed by atoms with Crippen LogP contribution in [0.25, 0.3) is 0 Å². The van der Waals surface area contributed by atoms with Crippen LogP contribution < -0.4 is 5.32 Å². The first-order chi connectivity index (χ1) is 10.5. The van der Waals surface area contributed by atoms with E-state index in [0.29, 0.717) is 11.3 Å². The molecule has 0 aliphatic heterocycles. The fourth-order valence-corrected chi connectivity index (χ4v) is 2.08. The van der Waals surface area contributed by atoms with E-state index in [4.69, 9.17) is 22.0 Å². The lowest BCUT2D eigenvalue weighted by Gasteiger charge is -2.08. The van der Waals surface area contributed by atoms with Crippen molar-refractivity contribution in [2.45, 2.75) is 6.42 Å². The number of nitrogens with one attached hydrogen (secondary N) is 1. The number of hydrogen-bond acceptors (Lipinski definition) is 3. The topological polar surface area (TPSA) is 90.2 Å². The maximum absolute atomic E-state index is 12.2. The summed E-state index contributed by atoms with van der Waals surface area (Å²) in [6.07, 6.45) is 0.214. The van der Waals surface area contributed by atoms with Crippen molar-refractivity contribution in [2.24, 2.45) is 0 Å². The van der Waals surface area contributed by atoms with Gasteiger partial charge in [-0.1, -0.05) is 23.7 Å². The molecular weight excluding hydrogens is 304 g/mol. The highest BCUT2D eigenvalue weighted by atomic mass is 35.5. The number of anilines is 1. The molecule has 0 saturated heterocycles. The van der Waals surface area contributed by atoms with Gasteiger partial charge in [0.25, 0.3) is 5.91 Å². The quantitative estimate of drug-likeness (QED) is 0.905. The van der Waals surface area contributed by atoms with E-state index in [9.17, 15) is 9.59 Å². The van der Waals surface area contributed by atoms with Crippen LogP contribution in [0.1, 0.15) is 26.3 Å². The van der Waals surface area contributed by atoms with Gasteiger partial charge in [-0.25, -0.2) is 4.79 Å². The van der Waals surface area contributed by atoms with E-state index in [-0.39, 0.29) is 17.0 Å². The smallest absolute Gasteiger partial charge is 0.337 e. The summed E-state index contributed by atoms with van der Waals surface area (Å²) in [4.78, 5) is 23.2. The Hall–Kier alpha value is -2.84. The van der Waals surface area contributed by atoms with Crippen LogP contribution in [-0.4, -0.2) is 17.0 Å². The Morgan fingerprint density at radius 3 is 2.68 bits per heavy atom. The lowest BCUT2D eigenvalue weighted by molar-refractivity contribution is 0.0696. The number of nitriles is 1. The van der Waals surface area contributed by atoms with Gasteiger partial charge in [0.05, 0.1) is 23.1 Å². The summed E-state index contributed by atoms with van der Waals surface area (Å²) in [6, 6.07) is 12.9. The highest BCUT2D eigenvalue weighted by Gasteiger charge is 2.12. The average Bonchev–Trinajstić information content (AvgIpc) is 2.49. The molecule has 0 bridgehead atoms. The molecule has 0 saturated carbocycles. The molecule has 6 heteroatoms. The first-order valence-electron chi connectivity index (χ1n) is 6.31. The number of amides is 1. The molecule has 0 atom stereocenters. The molecule has 110 valence electrons. The zero-order valence-corrected chi connectivity index (χ0v) is 12.1. The number of hydrogen-bond donors (Lipinski definition) is 2. The number of rotatable bonds is 4. The first-order valence-corrected chi connectivity index (χ1v) is 6.69. The van der Waals surface area contributed by atoms with E-state index < -0.39 is 11.9 Å². The molecule has 2 rings (SSSR count). The van der Waals surface area contributed by atoms with Crippen LogP contribution in [-0.2, 0) is 6.42 Å². The van der Waals surface area contributed by atoms with Gasteiger partial charge in [-0.05, 0) is 35.9 Å². The maximum Gasteiger partial charge on any atom is 0.337 e. The summed E-state index contributed by atoms with van der Waals surface area (Å²) < 4.78 is 0. The van der Waals surface area contributed by atoms with Gasteiger partial charge in [0.1, 0.15) is 0 Å². The number of halogens is 1. The van der Waals surface area contributed by atoms with Crippen molar-refractivity contribution >= 4 is 29.2 Å². The Morgan fingerprint density at radius 1 is 1.23 bits per heavy atom. The van der Waals surface area contributed by atoms with Crippen LogP contribution in [0.2, 0.25) is 5.02 Å². The minimum absolute atomic E-state index is 0.0855. The van der Waals surface area contributed by atoms with Crippen LogP contribution >= 0.6 is 11.6 Å². The normalized spacial score (nSPS) is 9.82. The molecule has 0 spiro atoms. The fourth-order valence-electron chi connectivity index (χ4n) is 1.88. The third-order valence-corrected chi connectivity index (χ3v) is 3.26. The molecule has 0 unspecified atom stereocenters. The SMILES string of the molecule is N#CCc1cccc(C(=O)Nc2ccc(Cl)c(C(=O)O)c2)c1. The van der Waals surface area contributed by atoms with E-state index >= 15 is 0 Å². The lowest BCUT2D eigenvalue weighted by atomic mass is 10.1. The second-order valence-corrected chi connectivity index (χ2v) is 4.90. The largest absolute Gasteiger partial charge is 0.478 e. The van der Waals surface area contributed by atoms with Crippen LogP contribution in [0.5, 0.6) is 0 Å². The van der Waals surface area contributed by atoms with Crippen molar-refractivity contribution in [1.82, 2.24) is 0 Å². The van der Waals surface area contributed by atoms with Crippen LogP contribution in [0.4, 0.5) is 5.69 Å². The Labute approximate surface area is 131 Å². The number of carbonyl (C=O) groups is 2. The average molecular weight is 315 g/mol. The first kappa shape index (κ1) is 15.5. The zero-order chi connectivity index (χ0) is 16.1. The third kappa shape index (κ3) is 3.62.